The lowest BCUT2D eigenvalue weighted by molar-refractivity contribution is -0.137. The Balaban J connectivity index is 1.68. The molecule has 2 rings (SSSR count). The first-order chi connectivity index (χ1) is 9.95. The van der Waals surface area contributed by atoms with Gasteiger partial charge >= 0.3 is 12.0 Å². The fourth-order valence-corrected chi connectivity index (χ4v) is 2.98. The molecule has 2 aliphatic rings. The van der Waals surface area contributed by atoms with Crippen LogP contribution < -0.4 is 10.6 Å². The van der Waals surface area contributed by atoms with E-state index in [9.17, 15) is 9.59 Å². The number of carboxylic acid groups (broad SMARTS) is 1. The summed E-state index contributed by atoms with van der Waals surface area (Å²) in [6, 6.07) is 0.105. The zero-order valence-electron chi connectivity index (χ0n) is 13.0. The second kappa shape index (κ2) is 7.11. The molecule has 21 heavy (non-hydrogen) atoms. The molecule has 1 saturated carbocycles. The summed E-state index contributed by atoms with van der Waals surface area (Å²) < 4.78 is 0. The molecular formula is C15H27N3O3. The van der Waals surface area contributed by atoms with Crippen molar-refractivity contribution in [3.05, 3.63) is 0 Å². The van der Waals surface area contributed by atoms with Crippen molar-refractivity contribution in [3.63, 3.8) is 0 Å². The number of aliphatic carboxylic acids is 1. The zero-order valence-corrected chi connectivity index (χ0v) is 13.0. The maximum Gasteiger partial charge on any atom is 0.315 e. The average Bonchev–Trinajstić information content (AvgIpc) is 3.13. The number of nitrogens with one attached hydrogen (secondary N) is 2. The number of hydrogen-bond donors (Lipinski definition) is 3. The number of urea groups is 1. The van der Waals surface area contributed by atoms with Crippen LogP contribution in [0.25, 0.3) is 0 Å². The van der Waals surface area contributed by atoms with Gasteiger partial charge in [0.2, 0.25) is 0 Å². The Labute approximate surface area is 126 Å². The molecule has 0 radical (unpaired) electrons. The summed E-state index contributed by atoms with van der Waals surface area (Å²) in [6.45, 7) is 7.16. The van der Waals surface area contributed by atoms with Gasteiger partial charge in [0.15, 0.2) is 0 Å². The van der Waals surface area contributed by atoms with E-state index in [-0.39, 0.29) is 18.5 Å². The lowest BCUT2D eigenvalue weighted by Crippen LogP contribution is -2.45. The SMILES string of the molecule is CC(C)N1CCC(CNC(=O)NC(CC(=O)O)C2CC2)C1. The topological polar surface area (TPSA) is 81.7 Å². The molecule has 0 bridgehead atoms. The smallest absolute Gasteiger partial charge is 0.315 e. The molecule has 1 aliphatic heterocycles. The van der Waals surface area contributed by atoms with Crippen LogP contribution in [0.3, 0.4) is 0 Å². The van der Waals surface area contributed by atoms with Crippen molar-refractivity contribution in [3.8, 4) is 0 Å². The molecule has 120 valence electrons. The van der Waals surface area contributed by atoms with Crippen molar-refractivity contribution in [2.45, 2.75) is 51.6 Å². The summed E-state index contributed by atoms with van der Waals surface area (Å²) in [5.41, 5.74) is 0. The van der Waals surface area contributed by atoms with Crippen LogP contribution in [0.5, 0.6) is 0 Å². The quantitative estimate of drug-likeness (QED) is 0.661. The first-order valence-corrected chi connectivity index (χ1v) is 7.96. The van der Waals surface area contributed by atoms with Crippen LogP contribution in [0, 0.1) is 11.8 Å². The predicted octanol–water partition coefficient (Wildman–Crippen LogP) is 1.27. The van der Waals surface area contributed by atoms with E-state index in [1.165, 1.54) is 0 Å². The molecule has 1 heterocycles. The lowest BCUT2D eigenvalue weighted by Gasteiger charge is -2.21. The highest BCUT2D eigenvalue weighted by molar-refractivity contribution is 5.75. The number of amides is 2. The zero-order chi connectivity index (χ0) is 15.4. The summed E-state index contributed by atoms with van der Waals surface area (Å²) in [7, 11) is 0. The maximum atomic E-state index is 11.9. The third kappa shape index (κ3) is 5.19. The molecule has 0 aromatic carbocycles. The molecule has 6 nitrogen and oxygen atoms in total. The molecule has 0 spiro atoms. The van der Waals surface area contributed by atoms with Crippen LogP contribution in [0.2, 0.25) is 0 Å². The molecule has 1 saturated heterocycles. The van der Waals surface area contributed by atoms with Gasteiger partial charge in [0, 0.05) is 25.2 Å². The summed E-state index contributed by atoms with van der Waals surface area (Å²) in [6.07, 6.45) is 3.16. The van der Waals surface area contributed by atoms with E-state index in [0.29, 0.717) is 24.4 Å². The molecule has 0 aromatic heterocycles. The first-order valence-electron chi connectivity index (χ1n) is 7.96. The van der Waals surface area contributed by atoms with Crippen LogP contribution in [0.1, 0.15) is 39.5 Å². The maximum absolute atomic E-state index is 11.9. The molecule has 3 N–H and O–H groups in total. The first kappa shape index (κ1) is 16.1. The summed E-state index contributed by atoms with van der Waals surface area (Å²) in [4.78, 5) is 25.1. The van der Waals surface area contributed by atoms with Crippen LogP contribution in [0.15, 0.2) is 0 Å². The predicted molar refractivity (Wildman–Crippen MR) is 80.1 cm³/mol. The van der Waals surface area contributed by atoms with Crippen molar-refractivity contribution in [1.82, 2.24) is 15.5 Å². The van der Waals surface area contributed by atoms with Gasteiger partial charge in [-0.3, -0.25) is 4.79 Å². The van der Waals surface area contributed by atoms with Crippen molar-refractivity contribution in [2.75, 3.05) is 19.6 Å². The minimum absolute atomic E-state index is 0.0165. The van der Waals surface area contributed by atoms with Gasteiger partial charge in [-0.25, -0.2) is 4.79 Å². The Morgan fingerprint density at radius 2 is 2.00 bits per heavy atom. The monoisotopic (exact) mass is 297 g/mol. The highest BCUT2D eigenvalue weighted by Crippen LogP contribution is 2.34. The number of nitrogens with zero attached hydrogens (tertiary/aromatic N) is 1. The second-order valence-corrected chi connectivity index (χ2v) is 6.64. The van der Waals surface area contributed by atoms with Gasteiger partial charge in [-0.15, -0.1) is 0 Å². The highest BCUT2D eigenvalue weighted by atomic mass is 16.4. The van der Waals surface area contributed by atoms with Gasteiger partial charge in [0.05, 0.1) is 6.42 Å². The lowest BCUT2D eigenvalue weighted by atomic mass is 10.1. The number of carboxylic acids is 1. The second-order valence-electron chi connectivity index (χ2n) is 6.64. The van der Waals surface area contributed by atoms with Gasteiger partial charge in [-0.2, -0.15) is 0 Å². The molecule has 0 aromatic rings. The normalized spacial score (nSPS) is 24.0. The molecule has 2 atom stereocenters. The highest BCUT2D eigenvalue weighted by Gasteiger charge is 2.34. The molecule has 2 amide bonds. The van der Waals surface area contributed by atoms with Crippen molar-refractivity contribution in [2.24, 2.45) is 11.8 Å². The minimum atomic E-state index is -0.851. The van der Waals surface area contributed by atoms with Gasteiger partial charge in [-0.1, -0.05) is 0 Å². The van der Waals surface area contributed by atoms with E-state index >= 15 is 0 Å². The number of carbonyl (C=O) groups excluding carboxylic acids is 1. The Hall–Kier alpha value is -1.30. The molecule has 1 aliphatic carbocycles. The largest absolute Gasteiger partial charge is 0.481 e. The number of hydrogen-bond acceptors (Lipinski definition) is 3. The van der Waals surface area contributed by atoms with Crippen molar-refractivity contribution in [1.29, 1.82) is 0 Å². The average molecular weight is 297 g/mol. The van der Waals surface area contributed by atoms with E-state index in [2.05, 4.69) is 29.4 Å². The summed E-state index contributed by atoms with van der Waals surface area (Å²) >= 11 is 0. The molecule has 2 unspecified atom stereocenters. The fourth-order valence-electron chi connectivity index (χ4n) is 2.98. The van der Waals surface area contributed by atoms with Gasteiger partial charge in [0.25, 0.3) is 0 Å². The van der Waals surface area contributed by atoms with Crippen LogP contribution in [0.4, 0.5) is 4.79 Å². The fraction of sp³-hybridized carbons (Fsp3) is 0.867. The molecular weight excluding hydrogens is 270 g/mol. The van der Waals surface area contributed by atoms with Crippen LogP contribution >= 0.6 is 0 Å². The van der Waals surface area contributed by atoms with Crippen LogP contribution in [-0.4, -0.2) is 53.7 Å². The third-order valence-corrected chi connectivity index (χ3v) is 4.50. The summed E-state index contributed by atoms with van der Waals surface area (Å²) in [5, 5.41) is 14.6. The number of likely N-dealkylation sites (tertiary alicyclic amines) is 1. The van der Waals surface area contributed by atoms with Gasteiger partial charge in [-0.05, 0) is 51.5 Å². The van der Waals surface area contributed by atoms with E-state index in [1.54, 1.807) is 0 Å². The van der Waals surface area contributed by atoms with E-state index in [4.69, 9.17) is 5.11 Å². The minimum Gasteiger partial charge on any atom is -0.481 e. The Morgan fingerprint density at radius 1 is 1.29 bits per heavy atom. The Kier molecular flexibility index (Phi) is 5.45. The van der Waals surface area contributed by atoms with Gasteiger partial charge < -0.3 is 20.6 Å². The molecule has 2 fully saturated rings. The van der Waals surface area contributed by atoms with E-state index in [0.717, 1.165) is 32.4 Å². The van der Waals surface area contributed by atoms with E-state index in [1.807, 2.05) is 0 Å². The van der Waals surface area contributed by atoms with Crippen LogP contribution in [-0.2, 0) is 4.79 Å². The van der Waals surface area contributed by atoms with Crippen molar-refractivity contribution < 1.29 is 14.7 Å². The number of rotatable bonds is 7. The Bertz CT molecular complexity index is 382. The number of carbonyl (C=O) groups is 2. The Morgan fingerprint density at radius 3 is 2.52 bits per heavy atom. The third-order valence-electron chi connectivity index (χ3n) is 4.50. The standard InChI is InChI=1S/C15H27N3O3/c1-10(2)18-6-5-11(9-18)8-16-15(21)17-13(7-14(19)20)12-3-4-12/h10-13H,3-9H2,1-2H3,(H,19,20)(H2,16,17,21). The van der Waals surface area contributed by atoms with Gasteiger partial charge in [0.1, 0.15) is 0 Å². The van der Waals surface area contributed by atoms with E-state index < -0.39 is 5.97 Å². The summed E-state index contributed by atoms with van der Waals surface area (Å²) in [5.74, 6) is -0.0117. The van der Waals surface area contributed by atoms with Crippen molar-refractivity contribution >= 4 is 12.0 Å². The molecule has 6 heteroatoms.